The van der Waals surface area contributed by atoms with Gasteiger partial charge in [0.05, 0.1) is 13.2 Å². The standard InChI is InChI=1S/C12H19ClN2O3/c13-4-3-11(16)15-5-1-2-10(15)12(17)14-6-8-18-9-7-14/h10H,1-9H2. The lowest BCUT2D eigenvalue weighted by Crippen LogP contribution is -2.51. The van der Waals surface area contributed by atoms with E-state index >= 15 is 0 Å². The van der Waals surface area contributed by atoms with Crippen LogP contribution in [0.2, 0.25) is 0 Å². The van der Waals surface area contributed by atoms with E-state index in [1.165, 1.54) is 0 Å². The molecule has 5 nitrogen and oxygen atoms in total. The summed E-state index contributed by atoms with van der Waals surface area (Å²) in [4.78, 5) is 27.8. The minimum Gasteiger partial charge on any atom is -0.378 e. The fourth-order valence-corrected chi connectivity index (χ4v) is 2.70. The first-order valence-corrected chi connectivity index (χ1v) is 6.99. The van der Waals surface area contributed by atoms with Crippen molar-refractivity contribution in [3.63, 3.8) is 0 Å². The Kier molecular flexibility index (Phi) is 4.83. The summed E-state index contributed by atoms with van der Waals surface area (Å²) in [6.45, 7) is 3.12. The Morgan fingerprint density at radius 1 is 1.22 bits per heavy atom. The van der Waals surface area contributed by atoms with Crippen LogP contribution in [0.15, 0.2) is 0 Å². The van der Waals surface area contributed by atoms with Crippen LogP contribution in [0.3, 0.4) is 0 Å². The highest BCUT2D eigenvalue weighted by atomic mass is 35.5. The van der Waals surface area contributed by atoms with E-state index < -0.39 is 0 Å². The monoisotopic (exact) mass is 274 g/mol. The molecule has 1 unspecified atom stereocenters. The van der Waals surface area contributed by atoms with E-state index in [9.17, 15) is 9.59 Å². The number of hydrogen-bond donors (Lipinski definition) is 0. The van der Waals surface area contributed by atoms with Crippen LogP contribution in [0.5, 0.6) is 0 Å². The molecule has 0 bridgehead atoms. The second-order valence-corrected chi connectivity index (χ2v) is 5.00. The second kappa shape index (κ2) is 6.38. The zero-order chi connectivity index (χ0) is 13.0. The van der Waals surface area contributed by atoms with E-state index in [-0.39, 0.29) is 17.9 Å². The first-order valence-electron chi connectivity index (χ1n) is 6.46. The predicted octanol–water partition coefficient (Wildman–Crippen LogP) is 0.465. The van der Waals surface area contributed by atoms with Gasteiger partial charge in [-0.05, 0) is 12.8 Å². The highest BCUT2D eigenvalue weighted by Crippen LogP contribution is 2.21. The van der Waals surface area contributed by atoms with Crippen LogP contribution in [0.4, 0.5) is 0 Å². The third-order valence-electron chi connectivity index (χ3n) is 3.49. The summed E-state index contributed by atoms with van der Waals surface area (Å²) in [5.41, 5.74) is 0. The molecule has 102 valence electrons. The molecular formula is C12H19ClN2O3. The molecule has 0 aromatic rings. The Balaban J connectivity index is 1.97. The number of amides is 2. The fraction of sp³-hybridized carbons (Fsp3) is 0.833. The van der Waals surface area contributed by atoms with Crippen molar-refractivity contribution in [2.75, 3.05) is 38.7 Å². The first-order chi connectivity index (χ1) is 8.74. The molecule has 2 rings (SSSR count). The van der Waals surface area contributed by atoms with Crippen LogP contribution in [0.25, 0.3) is 0 Å². The van der Waals surface area contributed by atoms with Gasteiger partial charge in [0, 0.05) is 31.9 Å². The molecule has 0 N–H and O–H groups in total. The van der Waals surface area contributed by atoms with Gasteiger partial charge in [0.15, 0.2) is 0 Å². The Morgan fingerprint density at radius 3 is 2.61 bits per heavy atom. The lowest BCUT2D eigenvalue weighted by atomic mass is 10.1. The highest BCUT2D eigenvalue weighted by Gasteiger charge is 2.36. The lowest BCUT2D eigenvalue weighted by Gasteiger charge is -2.32. The number of rotatable bonds is 3. The number of hydrogen-bond acceptors (Lipinski definition) is 3. The van der Waals surface area contributed by atoms with E-state index in [1.807, 2.05) is 0 Å². The van der Waals surface area contributed by atoms with Crippen molar-refractivity contribution in [1.82, 2.24) is 9.80 Å². The van der Waals surface area contributed by atoms with E-state index in [0.717, 1.165) is 12.8 Å². The Bertz CT molecular complexity index is 318. The molecule has 0 aromatic heterocycles. The molecule has 0 saturated carbocycles. The normalized spacial score (nSPS) is 24.4. The van der Waals surface area contributed by atoms with Gasteiger partial charge in [-0.25, -0.2) is 0 Å². The number of halogens is 1. The highest BCUT2D eigenvalue weighted by molar-refractivity contribution is 6.19. The van der Waals surface area contributed by atoms with Crippen LogP contribution in [0.1, 0.15) is 19.3 Å². The minimum atomic E-state index is -0.279. The molecule has 2 aliphatic heterocycles. The average molecular weight is 275 g/mol. The fourth-order valence-electron chi connectivity index (χ4n) is 2.54. The SMILES string of the molecule is O=C(C1CCCN1C(=O)CCCl)N1CCOCC1. The van der Waals surface area contributed by atoms with E-state index in [2.05, 4.69) is 0 Å². The van der Waals surface area contributed by atoms with Gasteiger partial charge in [0.25, 0.3) is 0 Å². The van der Waals surface area contributed by atoms with Gasteiger partial charge in [0.1, 0.15) is 6.04 Å². The maximum Gasteiger partial charge on any atom is 0.245 e. The largest absolute Gasteiger partial charge is 0.378 e. The van der Waals surface area contributed by atoms with Crippen LogP contribution in [-0.2, 0) is 14.3 Å². The number of ether oxygens (including phenoxy) is 1. The molecule has 0 aromatic carbocycles. The molecule has 18 heavy (non-hydrogen) atoms. The third kappa shape index (κ3) is 2.95. The molecule has 1 atom stereocenters. The van der Waals surface area contributed by atoms with Crippen molar-refractivity contribution in [1.29, 1.82) is 0 Å². The summed E-state index contributed by atoms with van der Waals surface area (Å²) in [7, 11) is 0. The zero-order valence-electron chi connectivity index (χ0n) is 10.4. The maximum atomic E-state index is 12.4. The lowest BCUT2D eigenvalue weighted by molar-refractivity contribution is -0.146. The van der Waals surface area contributed by atoms with Crippen LogP contribution >= 0.6 is 11.6 Å². The molecule has 2 heterocycles. The smallest absolute Gasteiger partial charge is 0.245 e. The van der Waals surface area contributed by atoms with Crippen molar-refractivity contribution in [3.05, 3.63) is 0 Å². The van der Waals surface area contributed by atoms with Crippen molar-refractivity contribution >= 4 is 23.4 Å². The summed E-state index contributed by atoms with van der Waals surface area (Å²) < 4.78 is 5.23. The van der Waals surface area contributed by atoms with E-state index in [4.69, 9.17) is 16.3 Å². The van der Waals surface area contributed by atoms with Gasteiger partial charge >= 0.3 is 0 Å². The molecule has 0 aliphatic carbocycles. The van der Waals surface area contributed by atoms with Gasteiger partial charge < -0.3 is 14.5 Å². The van der Waals surface area contributed by atoms with Gasteiger partial charge in [-0.3, -0.25) is 9.59 Å². The summed E-state index contributed by atoms with van der Waals surface area (Å²) >= 11 is 5.59. The van der Waals surface area contributed by atoms with Crippen molar-refractivity contribution in [2.24, 2.45) is 0 Å². The minimum absolute atomic E-state index is 0.00545. The Morgan fingerprint density at radius 2 is 1.94 bits per heavy atom. The van der Waals surface area contributed by atoms with Crippen LogP contribution in [0, 0.1) is 0 Å². The number of carbonyl (C=O) groups is 2. The molecule has 0 radical (unpaired) electrons. The molecule has 2 saturated heterocycles. The topological polar surface area (TPSA) is 49.9 Å². The molecule has 2 amide bonds. The zero-order valence-corrected chi connectivity index (χ0v) is 11.2. The summed E-state index contributed by atoms with van der Waals surface area (Å²) in [6.07, 6.45) is 1.98. The van der Waals surface area contributed by atoms with E-state index in [0.29, 0.717) is 45.1 Å². The van der Waals surface area contributed by atoms with Gasteiger partial charge in [-0.2, -0.15) is 0 Å². The van der Waals surface area contributed by atoms with Gasteiger partial charge in [0.2, 0.25) is 11.8 Å². The predicted molar refractivity (Wildman–Crippen MR) is 67.5 cm³/mol. The average Bonchev–Trinajstić information content (AvgIpc) is 2.88. The number of alkyl halides is 1. The molecule has 0 spiro atoms. The van der Waals surface area contributed by atoms with E-state index in [1.54, 1.807) is 9.80 Å². The Labute approximate surface area is 112 Å². The van der Waals surface area contributed by atoms with Crippen LogP contribution < -0.4 is 0 Å². The van der Waals surface area contributed by atoms with Gasteiger partial charge in [-0.1, -0.05) is 0 Å². The van der Waals surface area contributed by atoms with Crippen LogP contribution in [-0.4, -0.2) is 66.4 Å². The Hall–Kier alpha value is -0.810. The molecule has 2 aliphatic rings. The summed E-state index contributed by atoms with van der Waals surface area (Å²) in [6, 6.07) is -0.279. The number of morpholine rings is 1. The molecule has 6 heteroatoms. The molecule has 2 fully saturated rings. The maximum absolute atomic E-state index is 12.4. The van der Waals surface area contributed by atoms with Crippen molar-refractivity contribution < 1.29 is 14.3 Å². The summed E-state index contributed by atoms with van der Waals surface area (Å²) in [5, 5.41) is 0. The van der Waals surface area contributed by atoms with Crippen molar-refractivity contribution in [3.8, 4) is 0 Å². The van der Waals surface area contributed by atoms with Gasteiger partial charge in [-0.15, -0.1) is 11.6 Å². The quantitative estimate of drug-likeness (QED) is 0.703. The summed E-state index contributed by atoms with van der Waals surface area (Å²) in [5.74, 6) is 0.376. The number of likely N-dealkylation sites (tertiary alicyclic amines) is 1. The number of nitrogens with zero attached hydrogens (tertiary/aromatic N) is 2. The second-order valence-electron chi connectivity index (χ2n) is 4.62. The molecular weight excluding hydrogens is 256 g/mol. The number of carbonyl (C=O) groups excluding carboxylic acids is 2. The first kappa shape index (κ1) is 13.6. The third-order valence-corrected chi connectivity index (χ3v) is 3.68. The van der Waals surface area contributed by atoms with Crippen molar-refractivity contribution in [2.45, 2.75) is 25.3 Å².